The van der Waals surface area contributed by atoms with Gasteiger partial charge < -0.3 is 14.5 Å². The number of nitrogens with zero attached hydrogens (tertiary/aromatic N) is 1. The largest absolute Gasteiger partial charge is 0.496 e. The Morgan fingerprint density at radius 2 is 2.47 bits per heavy atom. The molecule has 5 heteroatoms. The van der Waals surface area contributed by atoms with Gasteiger partial charge >= 0.3 is 0 Å². The molecular formula is C10H12N2O2S. The molecular weight excluding hydrogens is 212 g/mol. The van der Waals surface area contributed by atoms with Gasteiger partial charge in [0.1, 0.15) is 11.4 Å². The van der Waals surface area contributed by atoms with Crippen molar-refractivity contribution in [2.24, 2.45) is 0 Å². The lowest BCUT2D eigenvalue weighted by Gasteiger charge is -1.96. The van der Waals surface area contributed by atoms with E-state index >= 15 is 0 Å². The second-order valence-corrected chi connectivity index (χ2v) is 3.92. The van der Waals surface area contributed by atoms with Crippen molar-refractivity contribution in [3.05, 3.63) is 23.5 Å². The van der Waals surface area contributed by atoms with E-state index in [1.807, 2.05) is 18.5 Å². The molecule has 1 N–H and O–H groups in total. The number of rotatable bonds is 4. The van der Waals surface area contributed by atoms with Gasteiger partial charge in [0.15, 0.2) is 12.2 Å². The van der Waals surface area contributed by atoms with E-state index in [-0.39, 0.29) is 0 Å². The number of aromatic nitrogens is 1. The minimum Gasteiger partial charge on any atom is -0.496 e. The summed E-state index contributed by atoms with van der Waals surface area (Å²) in [6.07, 6.45) is 1.47. The van der Waals surface area contributed by atoms with E-state index in [2.05, 4.69) is 10.3 Å². The van der Waals surface area contributed by atoms with Crippen molar-refractivity contribution in [3.8, 4) is 16.4 Å². The topological polar surface area (TPSA) is 47.3 Å². The van der Waals surface area contributed by atoms with E-state index in [1.165, 1.54) is 6.39 Å². The molecule has 2 aromatic rings. The van der Waals surface area contributed by atoms with Crippen LogP contribution in [0, 0.1) is 0 Å². The van der Waals surface area contributed by atoms with Gasteiger partial charge in [0, 0.05) is 18.0 Å². The molecule has 0 spiro atoms. The molecule has 0 unspecified atom stereocenters. The maximum absolute atomic E-state index is 5.36. The number of hydrogen-bond donors (Lipinski definition) is 1. The number of ether oxygens (including phenoxy) is 1. The van der Waals surface area contributed by atoms with Gasteiger partial charge in [0.2, 0.25) is 0 Å². The zero-order valence-corrected chi connectivity index (χ0v) is 9.43. The molecule has 0 fully saturated rings. The van der Waals surface area contributed by atoms with Crippen LogP contribution in [0.25, 0.3) is 10.6 Å². The second kappa shape index (κ2) is 4.46. The summed E-state index contributed by atoms with van der Waals surface area (Å²) in [5, 5.41) is 5.00. The van der Waals surface area contributed by atoms with Crippen LogP contribution < -0.4 is 10.1 Å². The molecule has 0 saturated heterocycles. The smallest absolute Gasteiger partial charge is 0.181 e. The molecule has 2 rings (SSSR count). The van der Waals surface area contributed by atoms with Gasteiger partial charge in [-0.05, 0) is 7.05 Å². The first-order valence-corrected chi connectivity index (χ1v) is 5.43. The van der Waals surface area contributed by atoms with Crippen LogP contribution >= 0.6 is 11.3 Å². The number of hydrogen-bond acceptors (Lipinski definition) is 5. The summed E-state index contributed by atoms with van der Waals surface area (Å²) >= 11 is 1.59. The third kappa shape index (κ3) is 2.03. The first-order valence-electron chi connectivity index (χ1n) is 4.55. The quantitative estimate of drug-likeness (QED) is 0.864. The van der Waals surface area contributed by atoms with Crippen molar-refractivity contribution in [3.63, 3.8) is 0 Å². The molecule has 0 aliphatic rings. The summed E-state index contributed by atoms with van der Waals surface area (Å²) in [5.41, 5.74) is 0.919. The second-order valence-electron chi connectivity index (χ2n) is 3.01. The lowest BCUT2D eigenvalue weighted by atomic mass is 10.3. The number of nitrogens with one attached hydrogen (secondary N) is 1. The molecule has 0 bridgehead atoms. The van der Waals surface area contributed by atoms with Crippen molar-refractivity contribution >= 4 is 11.3 Å². The highest BCUT2D eigenvalue weighted by molar-refractivity contribution is 7.13. The first-order chi connectivity index (χ1) is 7.35. The van der Waals surface area contributed by atoms with Crippen LogP contribution in [0.4, 0.5) is 0 Å². The van der Waals surface area contributed by atoms with E-state index in [1.54, 1.807) is 18.4 Å². The van der Waals surface area contributed by atoms with Crippen LogP contribution in [0.2, 0.25) is 0 Å². The fraction of sp³-hybridized carbons (Fsp3) is 0.300. The summed E-state index contributed by atoms with van der Waals surface area (Å²) in [7, 11) is 3.54. The molecule has 0 amide bonds. The van der Waals surface area contributed by atoms with Crippen LogP contribution in [-0.2, 0) is 6.54 Å². The Morgan fingerprint density at radius 1 is 1.60 bits per heavy atom. The molecule has 4 nitrogen and oxygen atoms in total. The lowest BCUT2D eigenvalue weighted by molar-refractivity contribution is 0.416. The molecule has 15 heavy (non-hydrogen) atoms. The highest BCUT2D eigenvalue weighted by atomic mass is 32.1. The predicted octanol–water partition coefficient (Wildman–Crippen LogP) is 2.13. The average Bonchev–Trinajstić information content (AvgIpc) is 2.85. The molecule has 0 aromatic carbocycles. The average molecular weight is 224 g/mol. The van der Waals surface area contributed by atoms with E-state index in [4.69, 9.17) is 9.15 Å². The Hall–Kier alpha value is -1.33. The van der Waals surface area contributed by atoms with E-state index in [0.717, 1.165) is 22.1 Å². The third-order valence-electron chi connectivity index (χ3n) is 2.02. The Bertz CT molecular complexity index is 436. The predicted molar refractivity (Wildman–Crippen MR) is 59.1 cm³/mol. The molecule has 0 saturated carbocycles. The lowest BCUT2D eigenvalue weighted by Crippen LogP contribution is -2.05. The molecule has 0 aliphatic carbocycles. The van der Waals surface area contributed by atoms with Gasteiger partial charge in [-0.2, -0.15) is 0 Å². The molecule has 2 heterocycles. The maximum Gasteiger partial charge on any atom is 0.181 e. The molecule has 80 valence electrons. The first kappa shape index (κ1) is 10.2. The SMILES string of the molecule is CNCc1ncoc1-c1cc(OC)cs1. The minimum atomic E-state index is 0.700. The van der Waals surface area contributed by atoms with E-state index in [0.29, 0.717) is 6.54 Å². The van der Waals surface area contributed by atoms with Crippen molar-refractivity contribution in [1.29, 1.82) is 0 Å². The fourth-order valence-corrected chi connectivity index (χ4v) is 2.17. The number of oxazole rings is 1. The summed E-state index contributed by atoms with van der Waals surface area (Å²) < 4.78 is 10.5. The highest BCUT2D eigenvalue weighted by Crippen LogP contribution is 2.32. The van der Waals surface area contributed by atoms with Gasteiger partial charge in [-0.15, -0.1) is 11.3 Å². The molecule has 0 atom stereocenters. The standard InChI is InChI=1S/C10H12N2O2S/c1-11-4-8-10(14-6-12-8)9-3-7(13-2)5-15-9/h3,5-6,11H,4H2,1-2H3. The Morgan fingerprint density at radius 3 is 3.13 bits per heavy atom. The zero-order valence-electron chi connectivity index (χ0n) is 8.61. The summed E-state index contributed by atoms with van der Waals surface area (Å²) in [6.45, 7) is 0.700. The van der Waals surface area contributed by atoms with Crippen molar-refractivity contribution in [1.82, 2.24) is 10.3 Å². The van der Waals surface area contributed by atoms with Crippen LogP contribution in [0.1, 0.15) is 5.69 Å². The number of thiophene rings is 1. The van der Waals surface area contributed by atoms with Gasteiger partial charge in [-0.3, -0.25) is 0 Å². The monoisotopic (exact) mass is 224 g/mol. The van der Waals surface area contributed by atoms with Gasteiger partial charge in [-0.1, -0.05) is 0 Å². The van der Waals surface area contributed by atoms with Crippen LogP contribution in [0.3, 0.4) is 0 Å². The molecule has 2 aromatic heterocycles. The third-order valence-corrected chi connectivity index (χ3v) is 2.93. The van der Waals surface area contributed by atoms with Gasteiger partial charge in [0.25, 0.3) is 0 Å². The number of methoxy groups -OCH3 is 1. The van der Waals surface area contributed by atoms with Crippen LogP contribution in [0.5, 0.6) is 5.75 Å². The summed E-state index contributed by atoms with van der Waals surface area (Å²) in [6, 6.07) is 1.95. The minimum absolute atomic E-state index is 0.700. The Balaban J connectivity index is 2.31. The van der Waals surface area contributed by atoms with Crippen LogP contribution in [0.15, 0.2) is 22.3 Å². The highest BCUT2D eigenvalue weighted by Gasteiger charge is 2.12. The van der Waals surface area contributed by atoms with E-state index in [9.17, 15) is 0 Å². The van der Waals surface area contributed by atoms with Crippen molar-refractivity contribution in [2.75, 3.05) is 14.2 Å². The van der Waals surface area contributed by atoms with Gasteiger partial charge in [-0.25, -0.2) is 4.98 Å². The zero-order chi connectivity index (χ0) is 10.7. The van der Waals surface area contributed by atoms with Crippen LogP contribution in [-0.4, -0.2) is 19.1 Å². The Labute approximate surface area is 91.9 Å². The van der Waals surface area contributed by atoms with E-state index < -0.39 is 0 Å². The maximum atomic E-state index is 5.36. The fourth-order valence-electron chi connectivity index (χ4n) is 1.31. The molecule has 0 aliphatic heterocycles. The Kier molecular flexibility index (Phi) is 3.03. The van der Waals surface area contributed by atoms with Crippen molar-refractivity contribution in [2.45, 2.75) is 6.54 Å². The van der Waals surface area contributed by atoms with Gasteiger partial charge in [0.05, 0.1) is 12.0 Å². The normalized spacial score (nSPS) is 10.5. The summed E-state index contributed by atoms with van der Waals surface area (Å²) in [4.78, 5) is 5.19. The molecule has 0 radical (unpaired) electrons. The van der Waals surface area contributed by atoms with Crippen molar-refractivity contribution < 1.29 is 9.15 Å². The summed E-state index contributed by atoms with van der Waals surface area (Å²) in [5.74, 6) is 1.67.